The molecule has 2 aromatic heterocycles. The summed E-state index contributed by atoms with van der Waals surface area (Å²) in [6.45, 7) is 0.0843. The van der Waals surface area contributed by atoms with Crippen molar-refractivity contribution in [1.29, 1.82) is 0 Å². The summed E-state index contributed by atoms with van der Waals surface area (Å²) in [5.41, 5.74) is 2.28. The van der Waals surface area contributed by atoms with Gasteiger partial charge in [-0.15, -0.1) is 0 Å². The first-order valence-electron chi connectivity index (χ1n) is 9.33. The Kier molecular flexibility index (Phi) is 4.72. The average molecular weight is 459 g/mol. The molecule has 6 nitrogen and oxygen atoms in total. The number of benzene rings is 3. The van der Waals surface area contributed by atoms with Crippen LogP contribution in [-0.2, 0) is 6.54 Å². The van der Waals surface area contributed by atoms with E-state index < -0.39 is 0 Å². The maximum atomic E-state index is 13.1. The van der Waals surface area contributed by atoms with Gasteiger partial charge in [-0.05, 0) is 18.2 Å². The Hall–Kier alpha value is -3.58. The quantitative estimate of drug-likeness (QED) is 0.381. The number of rotatable bonds is 4. The minimum atomic E-state index is -0.203. The molecule has 0 spiro atoms. The average Bonchev–Trinajstić information content (AvgIpc) is 3.25. The molecule has 0 unspecified atom stereocenters. The van der Waals surface area contributed by atoms with Gasteiger partial charge in [0.15, 0.2) is 0 Å². The summed E-state index contributed by atoms with van der Waals surface area (Å²) in [5.74, 6) is 0.763. The molecule has 0 aliphatic heterocycles. The number of halogens is 1. The molecule has 5 aromatic rings. The zero-order valence-electron chi connectivity index (χ0n) is 15.7. The number of fused-ring (bicyclic) bond motifs is 1. The molecular formula is C23H15BrN4O2. The third kappa shape index (κ3) is 3.33. The molecule has 0 saturated carbocycles. The summed E-state index contributed by atoms with van der Waals surface area (Å²) in [7, 11) is 0. The fourth-order valence-electron chi connectivity index (χ4n) is 3.35. The van der Waals surface area contributed by atoms with Crippen molar-refractivity contribution in [1.82, 2.24) is 19.9 Å². The van der Waals surface area contributed by atoms with Gasteiger partial charge in [0, 0.05) is 21.0 Å². The smallest absolute Gasteiger partial charge is 0.275 e. The van der Waals surface area contributed by atoms with E-state index in [9.17, 15) is 4.79 Å². The predicted octanol–water partition coefficient (Wildman–Crippen LogP) is 4.92. The Labute approximate surface area is 179 Å². The molecule has 30 heavy (non-hydrogen) atoms. The Morgan fingerprint density at radius 3 is 2.37 bits per heavy atom. The van der Waals surface area contributed by atoms with Crippen molar-refractivity contribution in [3.63, 3.8) is 0 Å². The van der Waals surface area contributed by atoms with Crippen LogP contribution in [0, 0.1) is 0 Å². The summed E-state index contributed by atoms with van der Waals surface area (Å²) < 4.78 is 7.65. The summed E-state index contributed by atoms with van der Waals surface area (Å²) >= 11 is 3.49. The van der Waals surface area contributed by atoms with Gasteiger partial charge in [-0.2, -0.15) is 10.1 Å². The molecule has 0 aliphatic carbocycles. The number of hydrogen-bond donors (Lipinski definition) is 0. The highest BCUT2D eigenvalue weighted by Gasteiger charge is 2.16. The maximum Gasteiger partial charge on any atom is 0.275 e. The lowest BCUT2D eigenvalue weighted by molar-refractivity contribution is 0.364. The fourth-order valence-corrected chi connectivity index (χ4v) is 3.81. The molecule has 0 aliphatic rings. The molecule has 3 aromatic carbocycles. The van der Waals surface area contributed by atoms with Gasteiger partial charge >= 0.3 is 0 Å². The molecule has 0 fully saturated rings. The van der Waals surface area contributed by atoms with Crippen molar-refractivity contribution < 1.29 is 4.52 Å². The van der Waals surface area contributed by atoms with Crippen LogP contribution in [0.5, 0.6) is 0 Å². The normalized spacial score (nSPS) is 11.1. The number of aromatic nitrogens is 4. The van der Waals surface area contributed by atoms with E-state index in [1.54, 1.807) is 0 Å². The molecule has 0 N–H and O–H groups in total. The minimum absolute atomic E-state index is 0.0843. The molecule has 0 amide bonds. The molecule has 146 valence electrons. The summed E-state index contributed by atoms with van der Waals surface area (Å²) in [4.78, 5) is 17.5. The number of hydrogen-bond acceptors (Lipinski definition) is 5. The van der Waals surface area contributed by atoms with Crippen LogP contribution in [0.4, 0.5) is 0 Å². The predicted molar refractivity (Wildman–Crippen MR) is 118 cm³/mol. The Morgan fingerprint density at radius 1 is 0.867 bits per heavy atom. The second kappa shape index (κ2) is 7.68. The summed E-state index contributed by atoms with van der Waals surface area (Å²) in [6, 6.07) is 24.9. The molecule has 5 rings (SSSR count). The van der Waals surface area contributed by atoms with Gasteiger partial charge in [0.25, 0.3) is 5.56 Å². The van der Waals surface area contributed by atoms with Crippen molar-refractivity contribution in [2.75, 3.05) is 0 Å². The topological polar surface area (TPSA) is 73.8 Å². The van der Waals surface area contributed by atoms with E-state index in [0.29, 0.717) is 17.1 Å². The third-order valence-corrected chi connectivity index (χ3v) is 5.47. The Bertz CT molecular complexity index is 1410. The van der Waals surface area contributed by atoms with Crippen LogP contribution >= 0.6 is 15.9 Å². The lowest BCUT2D eigenvalue weighted by Gasteiger charge is -2.10. The second-order valence-electron chi connectivity index (χ2n) is 6.71. The van der Waals surface area contributed by atoms with Crippen molar-refractivity contribution in [3.8, 4) is 22.6 Å². The van der Waals surface area contributed by atoms with Gasteiger partial charge in [-0.25, -0.2) is 4.68 Å². The van der Waals surface area contributed by atoms with Gasteiger partial charge < -0.3 is 4.52 Å². The molecule has 0 atom stereocenters. The van der Waals surface area contributed by atoms with Crippen LogP contribution in [0.1, 0.15) is 5.89 Å². The van der Waals surface area contributed by atoms with Gasteiger partial charge in [-0.1, -0.05) is 81.8 Å². The third-order valence-electron chi connectivity index (χ3n) is 4.78. The molecular weight excluding hydrogens is 444 g/mol. The highest BCUT2D eigenvalue weighted by Crippen LogP contribution is 2.26. The van der Waals surface area contributed by atoms with Crippen molar-refractivity contribution in [3.05, 3.63) is 99.6 Å². The lowest BCUT2D eigenvalue weighted by Crippen LogP contribution is -2.24. The Morgan fingerprint density at radius 2 is 1.57 bits per heavy atom. The highest BCUT2D eigenvalue weighted by molar-refractivity contribution is 9.10. The van der Waals surface area contributed by atoms with Crippen molar-refractivity contribution in [2.45, 2.75) is 6.54 Å². The van der Waals surface area contributed by atoms with E-state index in [1.165, 1.54) is 4.68 Å². The SMILES string of the molecule is O=c1c2ccccc2c(-c2ccccc2)nn1Cc1nc(-c2ccccc2Br)no1. The zero-order valence-corrected chi connectivity index (χ0v) is 17.3. The minimum Gasteiger partial charge on any atom is -0.337 e. The largest absolute Gasteiger partial charge is 0.337 e. The van der Waals surface area contributed by atoms with Crippen molar-refractivity contribution in [2.24, 2.45) is 0 Å². The van der Waals surface area contributed by atoms with E-state index in [0.717, 1.165) is 26.7 Å². The lowest BCUT2D eigenvalue weighted by atomic mass is 10.1. The molecule has 2 heterocycles. The van der Waals surface area contributed by atoms with Crippen LogP contribution in [0.2, 0.25) is 0 Å². The first kappa shape index (κ1) is 18.4. The van der Waals surface area contributed by atoms with Crippen LogP contribution in [0.3, 0.4) is 0 Å². The van der Waals surface area contributed by atoms with E-state index in [1.807, 2.05) is 78.9 Å². The first-order chi connectivity index (χ1) is 14.7. The summed E-state index contributed by atoms with van der Waals surface area (Å²) in [6.07, 6.45) is 0. The molecule has 0 saturated heterocycles. The first-order valence-corrected chi connectivity index (χ1v) is 10.1. The van der Waals surface area contributed by atoms with Gasteiger partial charge in [0.05, 0.1) is 11.1 Å². The van der Waals surface area contributed by atoms with Crippen LogP contribution < -0.4 is 5.56 Å². The van der Waals surface area contributed by atoms with E-state index in [-0.39, 0.29) is 12.1 Å². The van der Waals surface area contributed by atoms with E-state index >= 15 is 0 Å². The molecule has 0 bridgehead atoms. The van der Waals surface area contributed by atoms with Crippen LogP contribution in [0.25, 0.3) is 33.4 Å². The Balaban J connectivity index is 1.60. The van der Waals surface area contributed by atoms with Crippen LogP contribution in [-0.4, -0.2) is 19.9 Å². The molecule has 7 heteroatoms. The summed E-state index contributed by atoms with van der Waals surface area (Å²) in [5, 5.41) is 10.1. The van der Waals surface area contributed by atoms with E-state index in [2.05, 4.69) is 31.2 Å². The monoisotopic (exact) mass is 458 g/mol. The van der Waals surface area contributed by atoms with Gasteiger partial charge in [0.2, 0.25) is 11.7 Å². The van der Waals surface area contributed by atoms with Gasteiger partial charge in [0.1, 0.15) is 6.54 Å². The highest BCUT2D eigenvalue weighted by atomic mass is 79.9. The molecule has 0 radical (unpaired) electrons. The van der Waals surface area contributed by atoms with Gasteiger partial charge in [-0.3, -0.25) is 4.79 Å². The number of nitrogens with zero attached hydrogens (tertiary/aromatic N) is 4. The van der Waals surface area contributed by atoms with Crippen molar-refractivity contribution >= 4 is 26.7 Å². The van der Waals surface area contributed by atoms with Crippen LogP contribution in [0.15, 0.2) is 92.7 Å². The standard InChI is InChI=1S/C23H15BrN4O2/c24-19-13-7-6-12-18(19)22-25-20(30-27-22)14-28-23(29)17-11-5-4-10-16(17)21(26-28)15-8-2-1-3-9-15/h1-13H,14H2. The van der Waals surface area contributed by atoms with E-state index in [4.69, 9.17) is 4.52 Å². The zero-order chi connectivity index (χ0) is 20.5. The second-order valence-corrected chi connectivity index (χ2v) is 7.57. The maximum absolute atomic E-state index is 13.1. The fraction of sp³-hybridized carbons (Fsp3) is 0.0435.